The van der Waals surface area contributed by atoms with Gasteiger partial charge in [-0.05, 0) is 24.3 Å². The van der Waals surface area contributed by atoms with Crippen molar-refractivity contribution in [3.63, 3.8) is 0 Å². The zero-order chi connectivity index (χ0) is 18.6. The Labute approximate surface area is 154 Å². The number of carbonyl (C=O) groups excluding carboxylic acids is 2. The van der Waals surface area contributed by atoms with Crippen LogP contribution in [0.3, 0.4) is 0 Å². The molecule has 1 amide bonds. The highest BCUT2D eigenvalue weighted by Crippen LogP contribution is 2.20. The van der Waals surface area contributed by atoms with E-state index in [0.29, 0.717) is 17.8 Å². The summed E-state index contributed by atoms with van der Waals surface area (Å²) in [5.41, 5.74) is 2.31. The Hall–Kier alpha value is -3.81. The van der Waals surface area contributed by atoms with Crippen molar-refractivity contribution in [2.24, 2.45) is 0 Å². The van der Waals surface area contributed by atoms with Gasteiger partial charge < -0.3 is 5.32 Å². The lowest BCUT2D eigenvalue weighted by Crippen LogP contribution is -2.19. The molecule has 0 saturated carbocycles. The molecule has 0 fully saturated rings. The van der Waals surface area contributed by atoms with Crippen LogP contribution in [0.25, 0.3) is 11.0 Å². The quantitative estimate of drug-likeness (QED) is 0.589. The van der Waals surface area contributed by atoms with Crippen molar-refractivity contribution in [2.75, 3.05) is 5.32 Å². The zero-order valence-electron chi connectivity index (χ0n) is 14.3. The average Bonchev–Trinajstić information content (AvgIpc) is 3.36. The number of benzene rings is 2. The Bertz CT molecular complexity index is 1100. The minimum absolute atomic E-state index is 0.207. The van der Waals surface area contributed by atoms with Gasteiger partial charge in [-0.1, -0.05) is 24.3 Å². The molecule has 4 aromatic rings. The number of amides is 1. The van der Waals surface area contributed by atoms with Crippen molar-refractivity contribution >= 4 is 28.5 Å². The molecule has 0 unspecified atom stereocenters. The van der Waals surface area contributed by atoms with Crippen LogP contribution in [-0.4, -0.2) is 36.1 Å². The normalized spacial score (nSPS) is 10.8. The van der Waals surface area contributed by atoms with Crippen molar-refractivity contribution in [2.45, 2.75) is 13.0 Å². The maximum absolute atomic E-state index is 13.0. The van der Waals surface area contributed by atoms with E-state index in [-0.39, 0.29) is 18.2 Å². The van der Waals surface area contributed by atoms with Gasteiger partial charge in [0.2, 0.25) is 5.91 Å². The van der Waals surface area contributed by atoms with Crippen LogP contribution in [0.4, 0.5) is 5.69 Å². The molecule has 8 nitrogen and oxygen atoms in total. The topological polar surface area (TPSA) is 94.7 Å². The number of aromatic nitrogens is 5. The number of imidazole rings is 1. The molecule has 0 aliphatic carbocycles. The molecule has 0 bridgehead atoms. The van der Waals surface area contributed by atoms with Crippen molar-refractivity contribution < 1.29 is 9.59 Å². The molecule has 0 atom stereocenters. The number of nitrogens with zero attached hydrogens (tertiary/aromatic N) is 5. The standard InChI is InChI=1S/C19H16N6O2/c26-18(9-10-24-12-20-11-22-24)23-15-6-2-1-5-14(15)19(27)25-13-21-16-7-3-4-8-17(16)25/h1-8,11-13H,9-10H2,(H,23,26). The smallest absolute Gasteiger partial charge is 0.265 e. The fourth-order valence-electron chi connectivity index (χ4n) is 2.81. The van der Waals surface area contributed by atoms with Crippen LogP contribution in [-0.2, 0) is 11.3 Å². The highest BCUT2D eigenvalue weighted by Gasteiger charge is 2.17. The first-order valence-electron chi connectivity index (χ1n) is 8.40. The molecule has 0 aliphatic rings. The lowest BCUT2D eigenvalue weighted by Gasteiger charge is -2.11. The molecule has 2 heterocycles. The van der Waals surface area contributed by atoms with Crippen LogP contribution in [0.5, 0.6) is 0 Å². The SMILES string of the molecule is O=C(CCn1cncn1)Nc1ccccc1C(=O)n1cnc2ccccc21. The van der Waals surface area contributed by atoms with E-state index in [9.17, 15) is 9.59 Å². The van der Waals surface area contributed by atoms with E-state index in [1.807, 2.05) is 24.3 Å². The molecule has 2 aromatic carbocycles. The summed E-state index contributed by atoms with van der Waals surface area (Å²) in [7, 11) is 0. The van der Waals surface area contributed by atoms with E-state index >= 15 is 0 Å². The maximum atomic E-state index is 13.0. The molecule has 2 aromatic heterocycles. The Morgan fingerprint density at radius 3 is 2.67 bits per heavy atom. The first-order valence-corrected chi connectivity index (χ1v) is 8.40. The molecule has 0 saturated heterocycles. The van der Waals surface area contributed by atoms with E-state index in [1.54, 1.807) is 35.3 Å². The largest absolute Gasteiger partial charge is 0.325 e. The highest BCUT2D eigenvalue weighted by molar-refractivity contribution is 6.07. The molecule has 27 heavy (non-hydrogen) atoms. The van der Waals surface area contributed by atoms with E-state index in [0.717, 1.165) is 11.0 Å². The summed E-state index contributed by atoms with van der Waals surface area (Å²) in [6, 6.07) is 14.3. The Morgan fingerprint density at radius 1 is 1.00 bits per heavy atom. The van der Waals surface area contributed by atoms with Gasteiger partial charge >= 0.3 is 0 Å². The Morgan fingerprint density at radius 2 is 1.81 bits per heavy atom. The summed E-state index contributed by atoms with van der Waals surface area (Å²) in [6.45, 7) is 0.411. The van der Waals surface area contributed by atoms with E-state index in [4.69, 9.17) is 0 Å². The van der Waals surface area contributed by atoms with Gasteiger partial charge in [-0.15, -0.1) is 0 Å². The molecule has 0 spiro atoms. The first-order chi connectivity index (χ1) is 13.2. The van der Waals surface area contributed by atoms with Crippen LogP contribution in [0.2, 0.25) is 0 Å². The van der Waals surface area contributed by atoms with Crippen LogP contribution >= 0.6 is 0 Å². The second-order valence-electron chi connectivity index (χ2n) is 5.91. The molecule has 4 rings (SSSR count). The summed E-state index contributed by atoms with van der Waals surface area (Å²) < 4.78 is 3.06. The Balaban J connectivity index is 1.55. The monoisotopic (exact) mass is 360 g/mol. The van der Waals surface area contributed by atoms with E-state index in [2.05, 4.69) is 20.4 Å². The van der Waals surface area contributed by atoms with Gasteiger partial charge in [0.25, 0.3) is 5.91 Å². The molecule has 1 N–H and O–H groups in total. The molecule has 0 radical (unpaired) electrons. The van der Waals surface area contributed by atoms with Gasteiger partial charge in [-0.3, -0.25) is 18.8 Å². The van der Waals surface area contributed by atoms with Crippen LogP contribution in [0.15, 0.2) is 67.5 Å². The molecular formula is C19H16N6O2. The zero-order valence-corrected chi connectivity index (χ0v) is 14.3. The highest BCUT2D eigenvalue weighted by atomic mass is 16.2. The van der Waals surface area contributed by atoms with Gasteiger partial charge in [-0.25, -0.2) is 9.97 Å². The summed E-state index contributed by atoms with van der Waals surface area (Å²) in [6.07, 6.45) is 4.69. The maximum Gasteiger partial charge on any atom is 0.265 e. The molecular weight excluding hydrogens is 344 g/mol. The van der Waals surface area contributed by atoms with Gasteiger partial charge in [0.1, 0.15) is 19.0 Å². The number of carbonyl (C=O) groups is 2. The van der Waals surface area contributed by atoms with Gasteiger partial charge in [0, 0.05) is 6.42 Å². The van der Waals surface area contributed by atoms with E-state index < -0.39 is 0 Å². The minimum atomic E-state index is -0.254. The van der Waals surface area contributed by atoms with Crippen LogP contribution in [0, 0.1) is 0 Å². The van der Waals surface area contributed by atoms with E-state index in [1.165, 1.54) is 17.2 Å². The predicted molar refractivity (Wildman–Crippen MR) is 99.2 cm³/mol. The molecule has 134 valence electrons. The number of anilines is 1. The van der Waals surface area contributed by atoms with Gasteiger partial charge in [0.15, 0.2) is 0 Å². The van der Waals surface area contributed by atoms with Gasteiger partial charge in [0.05, 0.1) is 28.8 Å². The molecule has 0 aliphatic heterocycles. The van der Waals surface area contributed by atoms with Crippen molar-refractivity contribution in [1.29, 1.82) is 0 Å². The van der Waals surface area contributed by atoms with Crippen molar-refractivity contribution in [1.82, 2.24) is 24.3 Å². The third-order valence-corrected chi connectivity index (χ3v) is 4.14. The number of rotatable bonds is 5. The molecule has 8 heteroatoms. The summed E-state index contributed by atoms with van der Waals surface area (Å²) in [5.74, 6) is -0.461. The number of hydrogen-bond donors (Lipinski definition) is 1. The third-order valence-electron chi connectivity index (χ3n) is 4.14. The van der Waals surface area contributed by atoms with Crippen molar-refractivity contribution in [3.05, 3.63) is 73.1 Å². The fourth-order valence-corrected chi connectivity index (χ4v) is 2.81. The first kappa shape index (κ1) is 16.6. The number of nitrogens with one attached hydrogen (secondary N) is 1. The Kier molecular flexibility index (Phi) is 4.44. The summed E-state index contributed by atoms with van der Waals surface area (Å²) >= 11 is 0. The number of hydrogen-bond acceptors (Lipinski definition) is 5. The predicted octanol–water partition coefficient (Wildman–Crippen LogP) is 2.35. The average molecular weight is 360 g/mol. The lowest BCUT2D eigenvalue weighted by molar-refractivity contribution is -0.116. The van der Waals surface area contributed by atoms with Crippen LogP contribution in [0.1, 0.15) is 16.8 Å². The number of aryl methyl sites for hydroxylation is 1. The number of fused-ring (bicyclic) bond motifs is 1. The minimum Gasteiger partial charge on any atom is -0.325 e. The van der Waals surface area contributed by atoms with Gasteiger partial charge in [-0.2, -0.15) is 5.10 Å². The van der Waals surface area contributed by atoms with Crippen molar-refractivity contribution in [3.8, 4) is 0 Å². The second-order valence-corrected chi connectivity index (χ2v) is 5.91. The van der Waals surface area contributed by atoms with Crippen LogP contribution < -0.4 is 5.32 Å². The number of para-hydroxylation sites is 3. The summed E-state index contributed by atoms with van der Waals surface area (Å²) in [5, 5.41) is 6.77. The third kappa shape index (κ3) is 3.45. The summed E-state index contributed by atoms with van der Waals surface area (Å²) in [4.78, 5) is 33.4. The second kappa shape index (κ2) is 7.20. The lowest BCUT2D eigenvalue weighted by atomic mass is 10.1. The fraction of sp³-hybridized carbons (Fsp3) is 0.105.